The van der Waals surface area contributed by atoms with E-state index < -0.39 is 0 Å². The van der Waals surface area contributed by atoms with E-state index in [0.717, 1.165) is 37.2 Å². The van der Waals surface area contributed by atoms with Crippen LogP contribution in [-0.2, 0) is 9.53 Å². The zero-order chi connectivity index (χ0) is 15.2. The van der Waals surface area contributed by atoms with Crippen LogP contribution >= 0.6 is 12.2 Å². The summed E-state index contributed by atoms with van der Waals surface area (Å²) in [7, 11) is 1.74. The van der Waals surface area contributed by atoms with Crippen molar-refractivity contribution < 1.29 is 9.53 Å². The third kappa shape index (κ3) is 4.77. The maximum Gasteiger partial charge on any atom is 0.238 e. The smallest absolute Gasteiger partial charge is 0.238 e. The summed E-state index contributed by atoms with van der Waals surface area (Å²) in [6.45, 7) is 2.20. The monoisotopic (exact) mass is 307 g/mol. The number of hydrogen-bond donors (Lipinski definition) is 2. The summed E-state index contributed by atoms with van der Waals surface area (Å²) in [5.74, 6) is -0.00561. The van der Waals surface area contributed by atoms with E-state index in [1.54, 1.807) is 7.11 Å². The van der Waals surface area contributed by atoms with E-state index >= 15 is 0 Å². The lowest BCUT2D eigenvalue weighted by Crippen LogP contribution is -2.41. The molecule has 0 aliphatic carbocycles. The predicted octanol–water partition coefficient (Wildman–Crippen LogP) is 1.37. The number of ether oxygens (including phenoxy) is 1. The van der Waals surface area contributed by atoms with E-state index in [2.05, 4.69) is 10.2 Å². The van der Waals surface area contributed by atoms with Crippen LogP contribution in [0.4, 0.5) is 5.69 Å². The van der Waals surface area contributed by atoms with Gasteiger partial charge < -0.3 is 15.8 Å². The van der Waals surface area contributed by atoms with Gasteiger partial charge >= 0.3 is 0 Å². The van der Waals surface area contributed by atoms with Crippen molar-refractivity contribution in [3.05, 3.63) is 29.8 Å². The number of nitrogens with zero attached hydrogens (tertiary/aromatic N) is 1. The third-order valence-electron chi connectivity index (χ3n) is 3.69. The normalized spacial score (nSPS) is 16.6. The molecule has 0 radical (unpaired) electrons. The van der Waals surface area contributed by atoms with Gasteiger partial charge in [-0.15, -0.1) is 0 Å². The summed E-state index contributed by atoms with van der Waals surface area (Å²) in [4.78, 5) is 14.5. The SMILES string of the molecule is COC1CCN(CC(=O)Nc2ccc(C(N)=S)cc2)CC1. The highest BCUT2D eigenvalue weighted by atomic mass is 32.1. The largest absolute Gasteiger partial charge is 0.389 e. The van der Waals surface area contributed by atoms with Crippen LogP contribution in [0.5, 0.6) is 0 Å². The van der Waals surface area contributed by atoms with Crippen LogP contribution in [0.1, 0.15) is 18.4 Å². The molecule has 1 aliphatic rings. The second kappa shape index (κ2) is 7.49. The number of likely N-dealkylation sites (tertiary alicyclic amines) is 1. The molecule has 0 bridgehead atoms. The number of carbonyl (C=O) groups is 1. The Morgan fingerprint density at radius 2 is 2.00 bits per heavy atom. The van der Waals surface area contributed by atoms with Gasteiger partial charge in [-0.3, -0.25) is 9.69 Å². The first kappa shape index (κ1) is 15.9. The van der Waals surface area contributed by atoms with E-state index in [4.69, 9.17) is 22.7 Å². The van der Waals surface area contributed by atoms with Gasteiger partial charge in [0.1, 0.15) is 4.99 Å². The number of anilines is 1. The summed E-state index contributed by atoms with van der Waals surface area (Å²) in [5, 5.41) is 2.88. The standard InChI is InChI=1S/C15H21N3O2S/c1-20-13-6-8-18(9-7-13)10-14(19)17-12-4-2-11(3-5-12)15(16)21/h2-5,13H,6-10H2,1H3,(H2,16,21)(H,17,19). The van der Waals surface area contributed by atoms with Gasteiger partial charge in [0, 0.05) is 31.5 Å². The molecule has 1 fully saturated rings. The number of benzene rings is 1. The number of carbonyl (C=O) groups excluding carboxylic acids is 1. The lowest BCUT2D eigenvalue weighted by atomic mass is 10.1. The van der Waals surface area contributed by atoms with Crippen molar-refractivity contribution in [3.63, 3.8) is 0 Å². The van der Waals surface area contributed by atoms with Crippen molar-refractivity contribution in [2.24, 2.45) is 5.73 Å². The molecule has 114 valence electrons. The Balaban J connectivity index is 1.80. The Morgan fingerprint density at radius 1 is 1.38 bits per heavy atom. The Hall–Kier alpha value is -1.50. The fourth-order valence-corrected chi connectivity index (χ4v) is 2.56. The van der Waals surface area contributed by atoms with Crippen molar-refractivity contribution in [2.45, 2.75) is 18.9 Å². The Kier molecular flexibility index (Phi) is 5.67. The summed E-state index contributed by atoms with van der Waals surface area (Å²) in [5.41, 5.74) is 7.09. The molecule has 1 aromatic carbocycles. The number of nitrogens with two attached hydrogens (primary N) is 1. The maximum absolute atomic E-state index is 12.0. The molecule has 1 heterocycles. The molecule has 21 heavy (non-hydrogen) atoms. The van der Waals surface area contributed by atoms with Gasteiger partial charge in [0.15, 0.2) is 0 Å². The van der Waals surface area contributed by atoms with E-state index in [-0.39, 0.29) is 5.91 Å². The lowest BCUT2D eigenvalue weighted by Gasteiger charge is -2.30. The first-order valence-corrected chi connectivity index (χ1v) is 7.44. The van der Waals surface area contributed by atoms with Crippen molar-refractivity contribution in [1.82, 2.24) is 4.90 Å². The minimum atomic E-state index is -0.00561. The summed E-state index contributed by atoms with van der Waals surface area (Å²) >= 11 is 4.89. The molecular weight excluding hydrogens is 286 g/mol. The first-order chi connectivity index (χ1) is 10.1. The number of piperidine rings is 1. The highest BCUT2D eigenvalue weighted by Crippen LogP contribution is 2.13. The minimum Gasteiger partial charge on any atom is -0.389 e. The molecule has 0 spiro atoms. The predicted molar refractivity (Wildman–Crippen MR) is 87.4 cm³/mol. The van der Waals surface area contributed by atoms with E-state index in [1.807, 2.05) is 24.3 Å². The molecule has 0 atom stereocenters. The molecule has 1 saturated heterocycles. The number of amides is 1. The molecular formula is C15H21N3O2S. The van der Waals surface area contributed by atoms with Crippen LogP contribution in [0, 0.1) is 0 Å². The number of hydrogen-bond acceptors (Lipinski definition) is 4. The third-order valence-corrected chi connectivity index (χ3v) is 3.92. The van der Waals surface area contributed by atoms with Crippen molar-refractivity contribution in [2.75, 3.05) is 32.1 Å². The first-order valence-electron chi connectivity index (χ1n) is 7.03. The Morgan fingerprint density at radius 3 is 2.52 bits per heavy atom. The fraction of sp³-hybridized carbons (Fsp3) is 0.467. The molecule has 1 aliphatic heterocycles. The number of nitrogens with one attached hydrogen (secondary N) is 1. The molecule has 6 heteroatoms. The quantitative estimate of drug-likeness (QED) is 0.804. The topological polar surface area (TPSA) is 67.6 Å². The van der Waals surface area contributed by atoms with Gasteiger partial charge in [-0.2, -0.15) is 0 Å². The molecule has 5 nitrogen and oxygen atoms in total. The van der Waals surface area contributed by atoms with Crippen LogP contribution in [0.3, 0.4) is 0 Å². The summed E-state index contributed by atoms with van der Waals surface area (Å²) < 4.78 is 5.32. The second-order valence-electron chi connectivity index (χ2n) is 5.20. The molecule has 2 rings (SSSR count). The molecule has 3 N–H and O–H groups in total. The number of thiocarbonyl (C=S) groups is 1. The van der Waals surface area contributed by atoms with Gasteiger partial charge in [0.2, 0.25) is 5.91 Å². The summed E-state index contributed by atoms with van der Waals surface area (Å²) in [6.07, 6.45) is 2.29. The van der Waals surface area contributed by atoms with Crippen LogP contribution < -0.4 is 11.1 Å². The second-order valence-corrected chi connectivity index (χ2v) is 5.64. The molecule has 0 aromatic heterocycles. The van der Waals surface area contributed by atoms with Crippen molar-refractivity contribution >= 4 is 28.8 Å². The lowest BCUT2D eigenvalue weighted by molar-refractivity contribution is -0.117. The number of methoxy groups -OCH3 is 1. The van der Waals surface area contributed by atoms with Gasteiger partial charge in [0.05, 0.1) is 12.6 Å². The zero-order valence-corrected chi connectivity index (χ0v) is 13.0. The van der Waals surface area contributed by atoms with Crippen molar-refractivity contribution in [3.8, 4) is 0 Å². The molecule has 0 saturated carbocycles. The summed E-state index contributed by atoms with van der Waals surface area (Å²) in [6, 6.07) is 7.23. The van der Waals surface area contributed by atoms with E-state index in [1.165, 1.54) is 0 Å². The molecule has 1 amide bonds. The Bertz CT molecular complexity index is 496. The van der Waals surface area contributed by atoms with Gasteiger partial charge in [0.25, 0.3) is 0 Å². The minimum absolute atomic E-state index is 0.00561. The van der Waals surface area contributed by atoms with E-state index in [9.17, 15) is 4.79 Å². The number of rotatable bonds is 5. The highest BCUT2D eigenvalue weighted by molar-refractivity contribution is 7.80. The van der Waals surface area contributed by atoms with Crippen LogP contribution in [0.25, 0.3) is 0 Å². The fourth-order valence-electron chi connectivity index (χ4n) is 2.42. The van der Waals surface area contributed by atoms with Gasteiger partial charge in [-0.1, -0.05) is 12.2 Å². The molecule has 1 aromatic rings. The molecule has 0 unspecified atom stereocenters. The van der Waals surface area contributed by atoms with Crippen LogP contribution in [0.15, 0.2) is 24.3 Å². The highest BCUT2D eigenvalue weighted by Gasteiger charge is 2.20. The average Bonchev–Trinajstić information content (AvgIpc) is 2.48. The van der Waals surface area contributed by atoms with Crippen LogP contribution in [-0.4, -0.2) is 48.6 Å². The Labute approximate surface area is 130 Å². The van der Waals surface area contributed by atoms with Crippen LogP contribution in [0.2, 0.25) is 0 Å². The van der Waals surface area contributed by atoms with Gasteiger partial charge in [-0.05, 0) is 37.1 Å². The van der Waals surface area contributed by atoms with Gasteiger partial charge in [-0.25, -0.2) is 0 Å². The van der Waals surface area contributed by atoms with Crippen molar-refractivity contribution in [1.29, 1.82) is 0 Å². The average molecular weight is 307 g/mol. The maximum atomic E-state index is 12.0. The van der Waals surface area contributed by atoms with E-state index in [0.29, 0.717) is 17.6 Å². The zero-order valence-electron chi connectivity index (χ0n) is 12.2.